The maximum atomic E-state index is 12.3. The van der Waals surface area contributed by atoms with Gasteiger partial charge < -0.3 is 14.2 Å². The van der Waals surface area contributed by atoms with Crippen LogP contribution >= 0.6 is 11.3 Å². The Balaban J connectivity index is 1.76. The number of methoxy groups -OCH3 is 3. The molecule has 0 aliphatic carbocycles. The van der Waals surface area contributed by atoms with Crippen LogP contribution in [0.25, 0.3) is 10.1 Å². The molecule has 0 fully saturated rings. The van der Waals surface area contributed by atoms with Crippen LogP contribution in [-0.4, -0.2) is 33.5 Å². The maximum Gasteiger partial charge on any atom is 0.281 e. The van der Waals surface area contributed by atoms with Crippen molar-refractivity contribution in [2.24, 2.45) is 5.10 Å². The normalized spacial score (nSPS) is 10.9. The maximum absolute atomic E-state index is 12.3. The number of nitrogens with zero attached hydrogens (tertiary/aromatic N) is 1. The van der Waals surface area contributed by atoms with Crippen molar-refractivity contribution in [1.29, 1.82) is 0 Å². The van der Waals surface area contributed by atoms with Crippen molar-refractivity contribution in [2.75, 3.05) is 21.3 Å². The molecule has 0 saturated carbocycles. The minimum absolute atomic E-state index is 0.255. The number of hydrogen-bond acceptors (Lipinski definition) is 6. The van der Waals surface area contributed by atoms with E-state index >= 15 is 0 Å². The van der Waals surface area contributed by atoms with E-state index in [9.17, 15) is 4.79 Å². The smallest absolute Gasteiger partial charge is 0.281 e. The van der Waals surface area contributed by atoms with Gasteiger partial charge in [0.1, 0.15) is 0 Å². The van der Waals surface area contributed by atoms with Gasteiger partial charge in [-0.2, -0.15) is 5.10 Å². The van der Waals surface area contributed by atoms with Crippen LogP contribution in [0.5, 0.6) is 17.2 Å². The van der Waals surface area contributed by atoms with Crippen LogP contribution in [0.15, 0.2) is 47.6 Å². The third kappa shape index (κ3) is 3.62. The summed E-state index contributed by atoms with van der Waals surface area (Å²) in [4.78, 5) is 12.9. The summed E-state index contributed by atoms with van der Waals surface area (Å²) < 4.78 is 16.9. The molecule has 0 unspecified atom stereocenters. The molecule has 3 aromatic rings. The predicted molar refractivity (Wildman–Crippen MR) is 103 cm³/mol. The second-order valence-electron chi connectivity index (χ2n) is 5.31. The van der Waals surface area contributed by atoms with Gasteiger partial charge in [-0.1, -0.05) is 18.2 Å². The fourth-order valence-corrected chi connectivity index (χ4v) is 3.44. The van der Waals surface area contributed by atoms with Gasteiger partial charge in [-0.15, -0.1) is 11.3 Å². The van der Waals surface area contributed by atoms with Crippen molar-refractivity contribution < 1.29 is 19.0 Å². The Morgan fingerprint density at radius 2 is 1.73 bits per heavy atom. The van der Waals surface area contributed by atoms with Crippen molar-refractivity contribution in [1.82, 2.24) is 5.43 Å². The first-order valence-electron chi connectivity index (χ1n) is 7.78. The molecule has 0 bridgehead atoms. The Kier molecular flexibility index (Phi) is 5.38. The quantitative estimate of drug-likeness (QED) is 0.531. The summed E-state index contributed by atoms with van der Waals surface area (Å²) in [6.45, 7) is 0. The number of carbonyl (C=O) groups excluding carboxylic acids is 1. The molecule has 26 heavy (non-hydrogen) atoms. The number of hydrazone groups is 1. The molecule has 0 aliphatic rings. The first-order valence-corrected chi connectivity index (χ1v) is 8.60. The van der Waals surface area contributed by atoms with Crippen LogP contribution in [0, 0.1) is 0 Å². The molecule has 3 rings (SSSR count). The highest BCUT2D eigenvalue weighted by molar-refractivity contribution is 7.20. The van der Waals surface area contributed by atoms with Gasteiger partial charge in [0.15, 0.2) is 11.5 Å². The molecule has 1 N–H and O–H groups in total. The Morgan fingerprint density at radius 1 is 1.04 bits per heavy atom. The summed E-state index contributed by atoms with van der Waals surface area (Å²) in [5, 5.41) is 5.06. The molecule has 0 radical (unpaired) electrons. The molecular formula is C19H18N2O4S. The third-order valence-corrected chi connectivity index (χ3v) is 4.83. The monoisotopic (exact) mass is 370 g/mol. The van der Waals surface area contributed by atoms with Gasteiger partial charge >= 0.3 is 0 Å². The molecule has 1 aromatic heterocycles. The molecule has 0 aliphatic heterocycles. The molecule has 1 amide bonds. The highest BCUT2D eigenvalue weighted by Crippen LogP contribution is 2.37. The molecule has 0 spiro atoms. The molecule has 2 aromatic carbocycles. The summed E-state index contributed by atoms with van der Waals surface area (Å²) in [6.07, 6.45) is 1.52. The summed E-state index contributed by atoms with van der Waals surface area (Å²) in [5.41, 5.74) is 3.24. The standard InChI is InChI=1S/C19H18N2O4S/c1-23-14-8-12(9-15(24-2)18(14)25-3)11-20-21-19(22)17-10-13-6-4-5-7-16(13)26-17/h4-11H,1-3H3,(H,21,22). The number of amides is 1. The van der Waals surface area contributed by atoms with E-state index in [2.05, 4.69) is 10.5 Å². The minimum Gasteiger partial charge on any atom is -0.493 e. The number of carbonyl (C=O) groups is 1. The predicted octanol–water partition coefficient (Wildman–Crippen LogP) is 3.69. The van der Waals surface area contributed by atoms with E-state index in [0.717, 1.165) is 10.1 Å². The lowest BCUT2D eigenvalue weighted by atomic mass is 10.2. The van der Waals surface area contributed by atoms with Crippen LogP contribution in [0.2, 0.25) is 0 Å². The molecule has 1 heterocycles. The first-order chi connectivity index (χ1) is 12.7. The van der Waals surface area contributed by atoms with Crippen LogP contribution < -0.4 is 19.6 Å². The van der Waals surface area contributed by atoms with E-state index in [1.54, 1.807) is 33.5 Å². The van der Waals surface area contributed by atoms with Crippen molar-refractivity contribution in [3.63, 3.8) is 0 Å². The lowest BCUT2D eigenvalue weighted by Gasteiger charge is -2.12. The molecule has 0 saturated heterocycles. The van der Waals surface area contributed by atoms with Gasteiger partial charge in [-0.05, 0) is 29.7 Å². The van der Waals surface area contributed by atoms with Crippen molar-refractivity contribution in [3.05, 3.63) is 52.9 Å². The molecular weight excluding hydrogens is 352 g/mol. The largest absolute Gasteiger partial charge is 0.493 e. The number of ether oxygens (including phenoxy) is 3. The van der Waals surface area contributed by atoms with Gasteiger partial charge in [0.25, 0.3) is 5.91 Å². The highest BCUT2D eigenvalue weighted by atomic mass is 32.1. The number of thiophene rings is 1. The number of benzene rings is 2. The zero-order valence-electron chi connectivity index (χ0n) is 14.6. The summed E-state index contributed by atoms with van der Waals surface area (Å²) >= 11 is 1.43. The van der Waals surface area contributed by atoms with Crippen molar-refractivity contribution >= 4 is 33.5 Å². The number of fused-ring (bicyclic) bond motifs is 1. The third-order valence-electron chi connectivity index (χ3n) is 3.72. The number of hydrogen-bond donors (Lipinski definition) is 1. The Bertz CT molecular complexity index is 907. The second kappa shape index (κ2) is 7.88. The van der Waals surface area contributed by atoms with E-state index in [4.69, 9.17) is 14.2 Å². The number of rotatable bonds is 6. The minimum atomic E-state index is -0.255. The van der Waals surface area contributed by atoms with E-state index in [1.807, 2.05) is 30.3 Å². The van der Waals surface area contributed by atoms with Gasteiger partial charge in [-0.25, -0.2) is 5.43 Å². The van der Waals surface area contributed by atoms with Gasteiger partial charge in [-0.3, -0.25) is 4.79 Å². The van der Waals surface area contributed by atoms with Crippen LogP contribution in [0.3, 0.4) is 0 Å². The highest BCUT2D eigenvalue weighted by Gasteiger charge is 2.13. The average molecular weight is 370 g/mol. The van der Waals surface area contributed by atoms with E-state index in [-0.39, 0.29) is 5.91 Å². The molecule has 6 nitrogen and oxygen atoms in total. The topological polar surface area (TPSA) is 69.2 Å². The summed E-state index contributed by atoms with van der Waals surface area (Å²) in [6, 6.07) is 13.2. The fourth-order valence-electron chi connectivity index (χ4n) is 2.49. The first kappa shape index (κ1) is 17.8. The molecule has 7 heteroatoms. The van der Waals surface area contributed by atoms with Crippen LogP contribution in [-0.2, 0) is 0 Å². The Morgan fingerprint density at radius 3 is 2.35 bits per heavy atom. The Hall–Kier alpha value is -3.06. The SMILES string of the molecule is COc1cc(C=NNC(=O)c2cc3ccccc3s2)cc(OC)c1OC. The van der Waals surface area contributed by atoms with Gasteiger partial charge in [0, 0.05) is 10.3 Å². The Labute approximate surface area is 155 Å². The van der Waals surface area contributed by atoms with E-state index < -0.39 is 0 Å². The fraction of sp³-hybridized carbons (Fsp3) is 0.158. The average Bonchev–Trinajstić information content (AvgIpc) is 3.11. The molecule has 0 atom stereocenters. The zero-order valence-corrected chi connectivity index (χ0v) is 15.4. The molecule has 134 valence electrons. The van der Waals surface area contributed by atoms with E-state index in [1.165, 1.54) is 17.6 Å². The van der Waals surface area contributed by atoms with Crippen molar-refractivity contribution in [3.8, 4) is 17.2 Å². The van der Waals surface area contributed by atoms with Gasteiger partial charge in [0.2, 0.25) is 5.75 Å². The second-order valence-corrected chi connectivity index (χ2v) is 6.39. The lowest BCUT2D eigenvalue weighted by Crippen LogP contribution is -2.16. The van der Waals surface area contributed by atoms with Gasteiger partial charge in [0.05, 0.1) is 32.4 Å². The van der Waals surface area contributed by atoms with Crippen LogP contribution in [0.4, 0.5) is 0 Å². The number of nitrogens with one attached hydrogen (secondary N) is 1. The van der Waals surface area contributed by atoms with Crippen LogP contribution in [0.1, 0.15) is 15.2 Å². The summed E-state index contributed by atoms with van der Waals surface area (Å²) in [7, 11) is 4.63. The lowest BCUT2D eigenvalue weighted by molar-refractivity contribution is 0.0959. The zero-order chi connectivity index (χ0) is 18.5. The van der Waals surface area contributed by atoms with Crippen molar-refractivity contribution in [2.45, 2.75) is 0 Å². The van der Waals surface area contributed by atoms with E-state index in [0.29, 0.717) is 27.7 Å². The summed E-state index contributed by atoms with van der Waals surface area (Å²) in [5.74, 6) is 1.28.